The molecular formula is C25H41N3O5. The van der Waals surface area contributed by atoms with Gasteiger partial charge in [0.1, 0.15) is 17.7 Å². The molecule has 0 fully saturated rings. The van der Waals surface area contributed by atoms with Crippen molar-refractivity contribution in [3.8, 4) is 0 Å². The number of rotatable bonds is 11. The summed E-state index contributed by atoms with van der Waals surface area (Å²) in [7, 11) is 0. The summed E-state index contributed by atoms with van der Waals surface area (Å²) in [4.78, 5) is 40.3. The Morgan fingerprint density at radius 1 is 1.12 bits per heavy atom. The molecule has 0 aliphatic rings. The number of aliphatic hydroxyl groups excluding tert-OH is 1. The molecule has 186 valence electrons. The van der Waals surface area contributed by atoms with E-state index in [4.69, 9.17) is 4.74 Å². The molecule has 0 saturated carbocycles. The first-order chi connectivity index (χ1) is 15.4. The van der Waals surface area contributed by atoms with Gasteiger partial charge in [-0.25, -0.2) is 4.79 Å². The Morgan fingerprint density at radius 3 is 2.30 bits per heavy atom. The van der Waals surface area contributed by atoms with Crippen molar-refractivity contribution in [3.63, 3.8) is 0 Å². The van der Waals surface area contributed by atoms with Gasteiger partial charge in [0.25, 0.3) is 0 Å². The quantitative estimate of drug-likeness (QED) is 0.436. The third-order valence-corrected chi connectivity index (χ3v) is 5.15. The maximum absolute atomic E-state index is 13.4. The molecule has 33 heavy (non-hydrogen) atoms. The van der Waals surface area contributed by atoms with Gasteiger partial charge in [-0.2, -0.15) is 0 Å². The minimum atomic E-state index is -1.24. The highest BCUT2D eigenvalue weighted by molar-refractivity contribution is 5.92. The van der Waals surface area contributed by atoms with Gasteiger partial charge >= 0.3 is 6.09 Å². The normalized spacial score (nSPS) is 13.1. The van der Waals surface area contributed by atoms with Gasteiger partial charge in [0.05, 0.1) is 6.61 Å². The average Bonchev–Trinajstić information content (AvgIpc) is 2.72. The molecule has 0 aromatic heterocycles. The smallest absolute Gasteiger partial charge is 0.408 e. The Kier molecular flexibility index (Phi) is 11.4. The number of aryl methyl sites for hydroxylation is 2. The molecule has 0 saturated heterocycles. The van der Waals surface area contributed by atoms with Crippen LogP contribution in [0.25, 0.3) is 0 Å². The van der Waals surface area contributed by atoms with E-state index in [0.29, 0.717) is 12.1 Å². The van der Waals surface area contributed by atoms with Gasteiger partial charge in [0.15, 0.2) is 0 Å². The Labute approximate surface area is 198 Å². The van der Waals surface area contributed by atoms with Crippen LogP contribution in [0.1, 0.15) is 76.6 Å². The van der Waals surface area contributed by atoms with Crippen molar-refractivity contribution in [1.82, 2.24) is 15.5 Å². The summed E-state index contributed by atoms with van der Waals surface area (Å²) in [5, 5.41) is 15.2. The zero-order valence-electron chi connectivity index (χ0n) is 21.2. The van der Waals surface area contributed by atoms with Crippen LogP contribution in [-0.2, 0) is 14.3 Å². The van der Waals surface area contributed by atoms with Crippen LogP contribution in [0.2, 0.25) is 0 Å². The molecule has 1 aromatic rings. The first-order valence-electron chi connectivity index (χ1n) is 11.7. The molecule has 8 heteroatoms. The number of ether oxygens (including phenoxy) is 1. The highest BCUT2D eigenvalue weighted by atomic mass is 16.6. The van der Waals surface area contributed by atoms with E-state index in [9.17, 15) is 19.5 Å². The Hall–Kier alpha value is -2.61. The van der Waals surface area contributed by atoms with Gasteiger partial charge in [-0.05, 0) is 59.1 Å². The number of carbonyl (C=O) groups is 3. The fraction of sp³-hybridized carbons (Fsp3) is 0.640. The number of carbonyl (C=O) groups excluding carboxylic acids is 3. The van der Waals surface area contributed by atoms with Crippen LogP contribution < -0.4 is 10.6 Å². The molecular weight excluding hydrogens is 422 g/mol. The predicted octanol–water partition coefficient (Wildman–Crippen LogP) is 3.39. The summed E-state index contributed by atoms with van der Waals surface area (Å²) in [6, 6.07) is 3.60. The van der Waals surface area contributed by atoms with Crippen molar-refractivity contribution >= 4 is 17.9 Å². The van der Waals surface area contributed by atoms with Crippen LogP contribution in [0.15, 0.2) is 18.2 Å². The molecule has 2 unspecified atom stereocenters. The largest absolute Gasteiger partial charge is 0.444 e. The number of nitrogens with one attached hydrogen (secondary N) is 2. The van der Waals surface area contributed by atoms with Crippen molar-refractivity contribution in [3.05, 3.63) is 34.9 Å². The average molecular weight is 464 g/mol. The minimum Gasteiger partial charge on any atom is -0.444 e. The van der Waals surface area contributed by atoms with Crippen LogP contribution in [0, 0.1) is 13.8 Å². The SMILES string of the molecule is CCCCCNC(=O)C(c1ccc(C)cc1C)N(CC)C(=O)C(CO)NC(=O)OC(C)(C)C. The molecule has 1 aromatic carbocycles. The van der Waals surface area contributed by atoms with Crippen molar-refractivity contribution in [1.29, 1.82) is 0 Å². The summed E-state index contributed by atoms with van der Waals surface area (Å²) in [6.45, 7) is 13.0. The fourth-order valence-electron chi connectivity index (χ4n) is 3.57. The number of alkyl carbamates (subject to hydrolysis) is 1. The topological polar surface area (TPSA) is 108 Å². The summed E-state index contributed by atoms with van der Waals surface area (Å²) >= 11 is 0. The zero-order valence-corrected chi connectivity index (χ0v) is 21.2. The second-order valence-electron chi connectivity index (χ2n) is 9.27. The van der Waals surface area contributed by atoms with E-state index < -0.39 is 36.3 Å². The van der Waals surface area contributed by atoms with Crippen LogP contribution in [0.3, 0.4) is 0 Å². The lowest BCUT2D eigenvalue weighted by Crippen LogP contribution is -2.54. The van der Waals surface area contributed by atoms with Crippen LogP contribution in [0.4, 0.5) is 4.79 Å². The molecule has 2 atom stereocenters. The van der Waals surface area contributed by atoms with E-state index in [1.807, 2.05) is 32.0 Å². The summed E-state index contributed by atoms with van der Waals surface area (Å²) in [5.41, 5.74) is 1.89. The van der Waals surface area contributed by atoms with Crippen molar-refractivity contribution in [2.45, 2.75) is 85.4 Å². The maximum Gasteiger partial charge on any atom is 0.408 e. The molecule has 0 aliphatic carbocycles. The molecule has 0 spiro atoms. The van der Waals surface area contributed by atoms with Gasteiger partial charge in [0, 0.05) is 13.1 Å². The number of hydrogen-bond acceptors (Lipinski definition) is 5. The molecule has 0 radical (unpaired) electrons. The van der Waals surface area contributed by atoms with Gasteiger partial charge in [-0.15, -0.1) is 0 Å². The van der Waals surface area contributed by atoms with Gasteiger partial charge in [-0.3, -0.25) is 9.59 Å². The van der Waals surface area contributed by atoms with Crippen molar-refractivity contribution in [2.24, 2.45) is 0 Å². The molecule has 0 aliphatic heterocycles. The standard InChI is InChI=1S/C25H41N3O5/c1-8-10-11-14-26-22(30)21(19-13-12-17(3)15-18(19)4)28(9-2)23(31)20(16-29)27-24(32)33-25(5,6)7/h12-13,15,20-21,29H,8-11,14,16H2,1-7H3,(H,26,30)(H,27,32). The second-order valence-corrected chi connectivity index (χ2v) is 9.27. The molecule has 3 N–H and O–H groups in total. The highest BCUT2D eigenvalue weighted by Gasteiger charge is 2.35. The second kappa shape index (κ2) is 13.2. The summed E-state index contributed by atoms with van der Waals surface area (Å²) in [5.74, 6) is -0.846. The monoisotopic (exact) mass is 463 g/mol. The Morgan fingerprint density at radius 2 is 1.79 bits per heavy atom. The van der Waals surface area contributed by atoms with Gasteiger partial charge < -0.3 is 25.4 Å². The third-order valence-electron chi connectivity index (χ3n) is 5.15. The third kappa shape index (κ3) is 9.04. The lowest BCUT2D eigenvalue weighted by atomic mass is 9.96. The molecule has 0 heterocycles. The summed E-state index contributed by atoms with van der Waals surface area (Å²) in [6.07, 6.45) is 2.07. The number of nitrogens with zero attached hydrogens (tertiary/aromatic N) is 1. The Balaban J connectivity index is 3.24. The number of aliphatic hydroxyl groups is 1. The van der Waals surface area contributed by atoms with E-state index >= 15 is 0 Å². The lowest BCUT2D eigenvalue weighted by Gasteiger charge is -2.34. The molecule has 3 amide bonds. The zero-order chi connectivity index (χ0) is 25.2. The maximum atomic E-state index is 13.4. The number of benzene rings is 1. The van der Waals surface area contributed by atoms with Crippen LogP contribution >= 0.6 is 0 Å². The van der Waals surface area contributed by atoms with E-state index in [1.165, 1.54) is 4.90 Å². The first-order valence-corrected chi connectivity index (χ1v) is 11.7. The minimum absolute atomic E-state index is 0.214. The fourth-order valence-corrected chi connectivity index (χ4v) is 3.57. The number of likely N-dealkylation sites (N-methyl/N-ethyl adjacent to an activating group) is 1. The predicted molar refractivity (Wildman–Crippen MR) is 129 cm³/mol. The highest BCUT2D eigenvalue weighted by Crippen LogP contribution is 2.26. The molecule has 8 nitrogen and oxygen atoms in total. The number of unbranched alkanes of at least 4 members (excludes halogenated alkanes) is 2. The molecule has 0 bridgehead atoms. The van der Waals surface area contributed by atoms with E-state index in [1.54, 1.807) is 27.7 Å². The van der Waals surface area contributed by atoms with Gasteiger partial charge in [0.2, 0.25) is 11.8 Å². The van der Waals surface area contributed by atoms with E-state index in [2.05, 4.69) is 17.6 Å². The lowest BCUT2D eigenvalue weighted by molar-refractivity contribution is -0.143. The number of amides is 3. The number of hydrogen-bond donors (Lipinski definition) is 3. The van der Waals surface area contributed by atoms with Crippen LogP contribution in [-0.4, -0.2) is 59.3 Å². The Bertz CT molecular complexity index is 804. The van der Waals surface area contributed by atoms with Gasteiger partial charge in [-0.1, -0.05) is 43.5 Å². The van der Waals surface area contributed by atoms with E-state index in [-0.39, 0.29) is 12.5 Å². The molecule has 1 rings (SSSR count). The van der Waals surface area contributed by atoms with Crippen LogP contribution in [0.5, 0.6) is 0 Å². The summed E-state index contributed by atoms with van der Waals surface area (Å²) < 4.78 is 5.22. The van der Waals surface area contributed by atoms with E-state index in [0.717, 1.165) is 30.4 Å². The van der Waals surface area contributed by atoms with Crippen molar-refractivity contribution < 1.29 is 24.2 Å². The van der Waals surface area contributed by atoms with Crippen molar-refractivity contribution in [2.75, 3.05) is 19.7 Å². The first kappa shape index (κ1) is 28.4.